The molecule has 0 bridgehead atoms. The van der Waals surface area contributed by atoms with E-state index in [0.29, 0.717) is 30.5 Å². The van der Waals surface area contributed by atoms with E-state index < -0.39 is 0 Å². The second-order valence-electron chi connectivity index (χ2n) is 5.80. The predicted octanol–water partition coefficient (Wildman–Crippen LogP) is 2.29. The third-order valence-corrected chi connectivity index (χ3v) is 4.19. The van der Waals surface area contributed by atoms with E-state index in [9.17, 15) is 4.79 Å². The Balaban J connectivity index is 1.97. The number of piperidine rings is 1. The van der Waals surface area contributed by atoms with Crippen LogP contribution in [0.4, 0.5) is 0 Å². The molecule has 0 atom stereocenters. The van der Waals surface area contributed by atoms with Gasteiger partial charge in [0, 0.05) is 6.04 Å². The van der Waals surface area contributed by atoms with Gasteiger partial charge in [0.15, 0.2) is 5.78 Å². The maximum atomic E-state index is 12.5. The molecule has 1 aliphatic rings. The average Bonchev–Trinajstić information content (AvgIpc) is 2.48. The van der Waals surface area contributed by atoms with Gasteiger partial charge in [-0.05, 0) is 59.1 Å². The number of hydrogen-bond donors (Lipinski definition) is 0. The van der Waals surface area contributed by atoms with Gasteiger partial charge in [-0.3, -0.25) is 9.69 Å². The molecule has 0 aliphatic carbocycles. The Morgan fingerprint density at radius 1 is 1.33 bits per heavy atom. The largest absolute Gasteiger partial charge is 0.493 e. The molecule has 0 N–H and O–H groups in total. The smallest absolute Gasteiger partial charge is 0.180 e. The number of carbonyl (C=O) groups excluding carboxylic acids is 1. The molecule has 116 valence electrons. The zero-order chi connectivity index (χ0) is 15.2. The molecule has 0 saturated carbocycles. The number of Topliss-reactive ketones (excluding diaryl/α,β-unsaturated/α-hetero) is 1. The Morgan fingerprint density at radius 3 is 2.67 bits per heavy atom. The fraction of sp³-hybridized carbons (Fsp3) is 0.588. The summed E-state index contributed by atoms with van der Waals surface area (Å²) in [5.41, 5.74) is 0.694. The van der Waals surface area contributed by atoms with E-state index >= 15 is 0 Å². The number of nitrogens with zero attached hydrogens (tertiary/aromatic N) is 2. The van der Waals surface area contributed by atoms with Crippen LogP contribution in [0.15, 0.2) is 24.3 Å². The van der Waals surface area contributed by atoms with Gasteiger partial charge < -0.3 is 9.64 Å². The Hall–Kier alpha value is -1.39. The number of benzene rings is 1. The summed E-state index contributed by atoms with van der Waals surface area (Å²) in [6.45, 7) is 5.19. The standard InChI is InChI=1S/C17H26N2O2/c1-4-21-17-8-6-5-7-15(17)16(20)13-19(3)14-9-11-18(2)12-10-14/h5-8,14H,4,9-13H2,1-3H3. The van der Waals surface area contributed by atoms with Crippen LogP contribution in [0.2, 0.25) is 0 Å². The molecule has 0 aromatic heterocycles. The van der Waals surface area contributed by atoms with Crippen molar-refractivity contribution in [1.29, 1.82) is 0 Å². The number of likely N-dealkylation sites (N-methyl/N-ethyl adjacent to an activating group) is 1. The highest BCUT2D eigenvalue weighted by atomic mass is 16.5. The van der Waals surface area contributed by atoms with Crippen molar-refractivity contribution < 1.29 is 9.53 Å². The van der Waals surface area contributed by atoms with Gasteiger partial charge >= 0.3 is 0 Å². The fourth-order valence-corrected chi connectivity index (χ4v) is 2.85. The van der Waals surface area contributed by atoms with Crippen molar-refractivity contribution in [3.8, 4) is 5.75 Å². The minimum absolute atomic E-state index is 0.139. The van der Waals surface area contributed by atoms with Crippen molar-refractivity contribution in [3.63, 3.8) is 0 Å². The highest BCUT2D eigenvalue weighted by Crippen LogP contribution is 2.20. The molecule has 1 saturated heterocycles. The Morgan fingerprint density at radius 2 is 2.00 bits per heavy atom. The lowest BCUT2D eigenvalue weighted by Crippen LogP contribution is -2.43. The van der Waals surface area contributed by atoms with Crippen LogP contribution in [0.1, 0.15) is 30.1 Å². The van der Waals surface area contributed by atoms with Gasteiger partial charge in [-0.15, -0.1) is 0 Å². The number of hydrogen-bond acceptors (Lipinski definition) is 4. The third-order valence-electron chi connectivity index (χ3n) is 4.19. The van der Waals surface area contributed by atoms with Crippen molar-refractivity contribution in [1.82, 2.24) is 9.80 Å². The van der Waals surface area contributed by atoms with E-state index in [1.165, 1.54) is 0 Å². The van der Waals surface area contributed by atoms with Crippen molar-refractivity contribution in [2.75, 3.05) is 40.3 Å². The highest BCUT2D eigenvalue weighted by Gasteiger charge is 2.23. The summed E-state index contributed by atoms with van der Waals surface area (Å²) in [5.74, 6) is 0.835. The Labute approximate surface area is 127 Å². The molecule has 0 radical (unpaired) electrons. The molecule has 1 aromatic carbocycles. The van der Waals surface area contributed by atoms with Crippen LogP contribution in [-0.4, -0.2) is 62.0 Å². The minimum atomic E-state index is 0.139. The van der Waals surface area contributed by atoms with Gasteiger partial charge in [0.1, 0.15) is 5.75 Å². The van der Waals surface area contributed by atoms with E-state index in [2.05, 4.69) is 23.9 Å². The lowest BCUT2D eigenvalue weighted by molar-refractivity contribution is 0.0868. The maximum Gasteiger partial charge on any atom is 0.180 e. The first-order valence-electron chi connectivity index (χ1n) is 7.75. The highest BCUT2D eigenvalue weighted by molar-refractivity contribution is 6.00. The SMILES string of the molecule is CCOc1ccccc1C(=O)CN(C)C1CCN(C)CC1. The van der Waals surface area contributed by atoms with Crippen LogP contribution in [-0.2, 0) is 0 Å². The van der Waals surface area contributed by atoms with Crippen molar-refractivity contribution in [2.45, 2.75) is 25.8 Å². The zero-order valence-electron chi connectivity index (χ0n) is 13.3. The van der Waals surface area contributed by atoms with Crippen molar-refractivity contribution >= 4 is 5.78 Å². The second kappa shape index (κ2) is 7.57. The lowest BCUT2D eigenvalue weighted by atomic mass is 10.0. The maximum absolute atomic E-state index is 12.5. The number of rotatable bonds is 6. The molecule has 1 aromatic rings. The monoisotopic (exact) mass is 290 g/mol. The first-order valence-corrected chi connectivity index (χ1v) is 7.75. The molecule has 2 rings (SSSR count). The molecule has 0 amide bonds. The summed E-state index contributed by atoms with van der Waals surface area (Å²) >= 11 is 0. The predicted molar refractivity (Wildman–Crippen MR) is 85.1 cm³/mol. The number of ether oxygens (including phenoxy) is 1. The van der Waals surface area contributed by atoms with Gasteiger partial charge in [0.25, 0.3) is 0 Å². The number of para-hydroxylation sites is 1. The molecule has 21 heavy (non-hydrogen) atoms. The van der Waals surface area contributed by atoms with Gasteiger partial charge in [-0.2, -0.15) is 0 Å². The molecular formula is C17H26N2O2. The lowest BCUT2D eigenvalue weighted by Gasteiger charge is -2.34. The number of ketones is 1. The molecule has 1 fully saturated rings. The van der Waals surface area contributed by atoms with Crippen LogP contribution in [0.5, 0.6) is 5.75 Å². The van der Waals surface area contributed by atoms with Crippen molar-refractivity contribution in [3.05, 3.63) is 29.8 Å². The van der Waals surface area contributed by atoms with Gasteiger partial charge in [0.05, 0.1) is 18.7 Å². The van der Waals surface area contributed by atoms with Gasteiger partial charge in [0.2, 0.25) is 0 Å². The molecule has 0 unspecified atom stereocenters. The topological polar surface area (TPSA) is 32.8 Å². The summed E-state index contributed by atoms with van der Waals surface area (Å²) in [4.78, 5) is 17.1. The summed E-state index contributed by atoms with van der Waals surface area (Å²) in [6, 6.07) is 8.03. The van der Waals surface area contributed by atoms with Gasteiger partial charge in [-0.1, -0.05) is 12.1 Å². The van der Waals surface area contributed by atoms with E-state index in [-0.39, 0.29) is 5.78 Å². The molecule has 0 spiro atoms. The molecular weight excluding hydrogens is 264 g/mol. The number of likely N-dealkylation sites (tertiary alicyclic amines) is 1. The van der Waals surface area contributed by atoms with Crippen LogP contribution < -0.4 is 4.74 Å². The third kappa shape index (κ3) is 4.29. The Kier molecular flexibility index (Phi) is 5.76. The van der Waals surface area contributed by atoms with Crippen LogP contribution >= 0.6 is 0 Å². The van der Waals surface area contributed by atoms with E-state index in [4.69, 9.17) is 4.74 Å². The quantitative estimate of drug-likeness (QED) is 0.753. The molecule has 1 heterocycles. The summed E-state index contributed by atoms with van der Waals surface area (Å²) in [5, 5.41) is 0. The number of carbonyl (C=O) groups is 1. The second-order valence-corrected chi connectivity index (χ2v) is 5.80. The Bertz CT molecular complexity index is 468. The molecule has 4 heteroatoms. The molecule has 1 aliphatic heterocycles. The average molecular weight is 290 g/mol. The first-order chi connectivity index (χ1) is 10.1. The van der Waals surface area contributed by atoms with Gasteiger partial charge in [-0.25, -0.2) is 0 Å². The van der Waals surface area contributed by atoms with E-state index in [1.807, 2.05) is 31.2 Å². The fourth-order valence-electron chi connectivity index (χ4n) is 2.85. The molecule has 4 nitrogen and oxygen atoms in total. The summed E-state index contributed by atoms with van der Waals surface area (Å²) in [7, 11) is 4.21. The van der Waals surface area contributed by atoms with E-state index in [1.54, 1.807) is 0 Å². The van der Waals surface area contributed by atoms with E-state index in [0.717, 1.165) is 25.9 Å². The van der Waals surface area contributed by atoms with Crippen LogP contribution in [0.3, 0.4) is 0 Å². The zero-order valence-corrected chi connectivity index (χ0v) is 13.3. The summed E-state index contributed by atoms with van der Waals surface area (Å²) < 4.78 is 5.55. The van der Waals surface area contributed by atoms with Crippen LogP contribution in [0.25, 0.3) is 0 Å². The minimum Gasteiger partial charge on any atom is -0.493 e. The van der Waals surface area contributed by atoms with Crippen molar-refractivity contribution in [2.24, 2.45) is 0 Å². The summed E-state index contributed by atoms with van der Waals surface area (Å²) in [6.07, 6.45) is 2.26. The van der Waals surface area contributed by atoms with Crippen LogP contribution in [0, 0.1) is 0 Å². The first kappa shape index (κ1) is 16.0. The normalized spacial score (nSPS) is 17.1.